The SMILES string of the molecule is NC1CNSC1. The van der Waals surface area contributed by atoms with Gasteiger partial charge in [-0.1, -0.05) is 11.9 Å². The van der Waals surface area contributed by atoms with Crippen molar-refractivity contribution in [1.29, 1.82) is 0 Å². The van der Waals surface area contributed by atoms with E-state index in [0.29, 0.717) is 6.04 Å². The summed E-state index contributed by atoms with van der Waals surface area (Å²) in [6, 6.07) is 0.398. The minimum absolute atomic E-state index is 0.398. The fourth-order valence-corrected chi connectivity index (χ4v) is 1.17. The van der Waals surface area contributed by atoms with Gasteiger partial charge in [0.15, 0.2) is 0 Å². The number of hydrogen-bond donors (Lipinski definition) is 2. The Morgan fingerprint density at radius 1 is 1.83 bits per heavy atom. The second-order valence-corrected chi connectivity index (χ2v) is 2.33. The average molecular weight is 104 g/mol. The molecular weight excluding hydrogens is 96.1 g/mol. The molecule has 1 heterocycles. The van der Waals surface area contributed by atoms with Crippen molar-refractivity contribution in [2.75, 3.05) is 12.3 Å². The van der Waals surface area contributed by atoms with E-state index in [0.717, 1.165) is 12.3 Å². The van der Waals surface area contributed by atoms with Crippen LogP contribution in [-0.2, 0) is 0 Å². The van der Waals surface area contributed by atoms with E-state index in [-0.39, 0.29) is 0 Å². The number of nitrogens with two attached hydrogens (primary N) is 1. The van der Waals surface area contributed by atoms with Gasteiger partial charge in [0.05, 0.1) is 0 Å². The smallest absolute Gasteiger partial charge is 0.0279 e. The van der Waals surface area contributed by atoms with E-state index in [4.69, 9.17) is 5.73 Å². The fraction of sp³-hybridized carbons (Fsp3) is 1.00. The van der Waals surface area contributed by atoms with Gasteiger partial charge in [-0.15, -0.1) is 0 Å². The zero-order chi connectivity index (χ0) is 4.41. The van der Waals surface area contributed by atoms with Gasteiger partial charge in [0, 0.05) is 18.3 Å². The molecular formula is C3H8N2S. The zero-order valence-electron chi connectivity index (χ0n) is 3.48. The summed E-state index contributed by atoms with van der Waals surface area (Å²) in [7, 11) is 0. The van der Waals surface area contributed by atoms with E-state index < -0.39 is 0 Å². The molecule has 0 aromatic heterocycles. The van der Waals surface area contributed by atoms with Crippen molar-refractivity contribution >= 4 is 11.9 Å². The third kappa shape index (κ3) is 0.864. The van der Waals surface area contributed by atoms with Crippen LogP contribution in [0.15, 0.2) is 0 Å². The molecule has 0 aliphatic carbocycles. The predicted octanol–water partition coefficient (Wildman–Crippen LogP) is -0.435. The molecule has 1 rings (SSSR count). The minimum atomic E-state index is 0.398. The first kappa shape index (κ1) is 4.43. The molecule has 2 nitrogen and oxygen atoms in total. The van der Waals surface area contributed by atoms with Crippen LogP contribution >= 0.6 is 11.9 Å². The molecule has 1 atom stereocenters. The molecule has 3 heteroatoms. The van der Waals surface area contributed by atoms with Crippen LogP contribution in [-0.4, -0.2) is 18.3 Å². The monoisotopic (exact) mass is 104 g/mol. The molecule has 0 saturated carbocycles. The van der Waals surface area contributed by atoms with Crippen molar-refractivity contribution in [3.05, 3.63) is 0 Å². The lowest BCUT2D eigenvalue weighted by Gasteiger charge is -1.90. The van der Waals surface area contributed by atoms with Crippen LogP contribution in [0.1, 0.15) is 0 Å². The molecule has 0 radical (unpaired) electrons. The third-order valence-electron chi connectivity index (χ3n) is 0.745. The molecule has 0 aromatic rings. The summed E-state index contributed by atoms with van der Waals surface area (Å²) in [5.41, 5.74) is 5.45. The van der Waals surface area contributed by atoms with Crippen molar-refractivity contribution in [3.8, 4) is 0 Å². The Morgan fingerprint density at radius 2 is 2.67 bits per heavy atom. The molecule has 0 aromatic carbocycles. The van der Waals surface area contributed by atoms with Crippen LogP contribution in [0.2, 0.25) is 0 Å². The highest BCUT2D eigenvalue weighted by molar-refractivity contribution is 7.97. The van der Waals surface area contributed by atoms with Gasteiger partial charge in [0.25, 0.3) is 0 Å². The molecule has 1 fully saturated rings. The van der Waals surface area contributed by atoms with Gasteiger partial charge in [0.2, 0.25) is 0 Å². The lowest BCUT2D eigenvalue weighted by Crippen LogP contribution is -2.24. The Balaban J connectivity index is 2.18. The molecule has 0 spiro atoms. The summed E-state index contributed by atoms with van der Waals surface area (Å²) in [6.45, 7) is 0.977. The van der Waals surface area contributed by atoms with Crippen molar-refractivity contribution in [1.82, 2.24) is 4.72 Å². The van der Waals surface area contributed by atoms with Crippen LogP contribution in [0.3, 0.4) is 0 Å². The van der Waals surface area contributed by atoms with Crippen molar-refractivity contribution < 1.29 is 0 Å². The van der Waals surface area contributed by atoms with E-state index in [9.17, 15) is 0 Å². The highest BCUT2D eigenvalue weighted by Gasteiger charge is 2.07. The highest BCUT2D eigenvalue weighted by Crippen LogP contribution is 2.01. The van der Waals surface area contributed by atoms with Gasteiger partial charge >= 0.3 is 0 Å². The second kappa shape index (κ2) is 1.82. The molecule has 6 heavy (non-hydrogen) atoms. The molecule has 1 unspecified atom stereocenters. The van der Waals surface area contributed by atoms with Crippen LogP contribution < -0.4 is 10.5 Å². The number of nitrogens with one attached hydrogen (secondary N) is 1. The van der Waals surface area contributed by atoms with Gasteiger partial charge in [-0.2, -0.15) is 0 Å². The first-order valence-electron chi connectivity index (χ1n) is 2.00. The largest absolute Gasteiger partial charge is 0.326 e. The van der Waals surface area contributed by atoms with Gasteiger partial charge in [-0.3, -0.25) is 4.72 Å². The highest BCUT2D eigenvalue weighted by atomic mass is 32.2. The van der Waals surface area contributed by atoms with Crippen molar-refractivity contribution in [3.63, 3.8) is 0 Å². The number of hydrogen-bond acceptors (Lipinski definition) is 3. The quantitative estimate of drug-likeness (QED) is 0.409. The van der Waals surface area contributed by atoms with Crippen LogP contribution in [0.5, 0.6) is 0 Å². The topological polar surface area (TPSA) is 38.0 Å². The van der Waals surface area contributed by atoms with Gasteiger partial charge < -0.3 is 5.73 Å². The summed E-state index contributed by atoms with van der Waals surface area (Å²) >= 11 is 1.71. The normalized spacial score (nSPS) is 34.5. The Hall–Kier alpha value is 0.270. The first-order chi connectivity index (χ1) is 2.89. The van der Waals surface area contributed by atoms with E-state index in [1.807, 2.05) is 0 Å². The maximum absolute atomic E-state index is 5.45. The summed E-state index contributed by atoms with van der Waals surface area (Å²) in [5.74, 6) is 1.07. The molecule has 1 aliphatic rings. The average Bonchev–Trinajstić information content (AvgIpc) is 1.86. The number of rotatable bonds is 0. The Morgan fingerprint density at radius 3 is 2.83 bits per heavy atom. The maximum Gasteiger partial charge on any atom is 0.0279 e. The lowest BCUT2D eigenvalue weighted by molar-refractivity contribution is 0.770. The van der Waals surface area contributed by atoms with Crippen LogP contribution in [0.25, 0.3) is 0 Å². The Bertz CT molecular complexity index is 42.1. The summed E-state index contributed by atoms with van der Waals surface area (Å²) in [6.07, 6.45) is 0. The second-order valence-electron chi connectivity index (χ2n) is 1.42. The lowest BCUT2D eigenvalue weighted by atomic mass is 10.4. The van der Waals surface area contributed by atoms with Crippen LogP contribution in [0, 0.1) is 0 Å². The van der Waals surface area contributed by atoms with Gasteiger partial charge in [-0.25, -0.2) is 0 Å². The fourth-order valence-electron chi connectivity index (χ4n) is 0.391. The standard InChI is InChI=1S/C3H8N2S/c4-3-1-5-6-2-3/h3,5H,1-2,4H2. The van der Waals surface area contributed by atoms with Gasteiger partial charge in [0.1, 0.15) is 0 Å². The van der Waals surface area contributed by atoms with E-state index in [2.05, 4.69) is 4.72 Å². The minimum Gasteiger partial charge on any atom is -0.326 e. The molecule has 3 N–H and O–H groups in total. The Labute approximate surface area is 41.6 Å². The molecule has 1 saturated heterocycles. The first-order valence-corrected chi connectivity index (χ1v) is 2.98. The molecule has 1 aliphatic heterocycles. The summed E-state index contributed by atoms with van der Waals surface area (Å²) in [4.78, 5) is 0. The predicted molar refractivity (Wildman–Crippen MR) is 28.4 cm³/mol. The van der Waals surface area contributed by atoms with Crippen molar-refractivity contribution in [2.45, 2.75) is 6.04 Å². The summed E-state index contributed by atoms with van der Waals surface area (Å²) in [5, 5.41) is 0. The molecule has 36 valence electrons. The van der Waals surface area contributed by atoms with E-state index in [1.165, 1.54) is 0 Å². The molecule has 0 amide bonds. The Kier molecular flexibility index (Phi) is 1.34. The zero-order valence-corrected chi connectivity index (χ0v) is 4.29. The van der Waals surface area contributed by atoms with Gasteiger partial charge in [-0.05, 0) is 0 Å². The molecule has 0 bridgehead atoms. The van der Waals surface area contributed by atoms with E-state index >= 15 is 0 Å². The maximum atomic E-state index is 5.45. The van der Waals surface area contributed by atoms with Crippen LogP contribution in [0.4, 0.5) is 0 Å². The van der Waals surface area contributed by atoms with E-state index in [1.54, 1.807) is 11.9 Å². The summed E-state index contributed by atoms with van der Waals surface area (Å²) < 4.78 is 3.06. The third-order valence-corrected chi connectivity index (χ3v) is 1.71. The van der Waals surface area contributed by atoms with Crippen molar-refractivity contribution in [2.24, 2.45) is 5.73 Å².